The normalized spacial score (nSPS) is 21.5. The summed E-state index contributed by atoms with van der Waals surface area (Å²) in [5, 5.41) is 13.1. The summed E-state index contributed by atoms with van der Waals surface area (Å²) < 4.78 is 15.7. The zero-order chi connectivity index (χ0) is 12.7. The summed E-state index contributed by atoms with van der Waals surface area (Å²) in [7, 11) is 0. The molecule has 1 atom stereocenters. The Morgan fingerprint density at radius 3 is 3.11 bits per heavy atom. The van der Waals surface area contributed by atoms with Crippen molar-refractivity contribution in [3.8, 4) is 0 Å². The molecule has 2 aliphatic rings. The second kappa shape index (κ2) is 3.90. The van der Waals surface area contributed by atoms with Crippen LogP contribution in [0.1, 0.15) is 34.2 Å². The number of hydrogen-bond donors (Lipinski definition) is 1. The number of carboxylic acids is 1. The highest BCUT2D eigenvalue weighted by Crippen LogP contribution is 2.39. The lowest BCUT2D eigenvalue weighted by Crippen LogP contribution is -2.11. The van der Waals surface area contributed by atoms with Crippen molar-refractivity contribution in [1.82, 2.24) is 5.16 Å². The highest BCUT2D eigenvalue weighted by atomic mass is 16.7. The molecule has 1 N–H and O–H groups in total. The Hall–Kier alpha value is -2.24. The van der Waals surface area contributed by atoms with Crippen LogP contribution in [0.15, 0.2) is 28.2 Å². The molecule has 6 heteroatoms. The van der Waals surface area contributed by atoms with Crippen molar-refractivity contribution in [2.24, 2.45) is 0 Å². The van der Waals surface area contributed by atoms with Crippen molar-refractivity contribution in [1.29, 1.82) is 0 Å². The van der Waals surface area contributed by atoms with Crippen LogP contribution in [-0.2, 0) is 9.47 Å². The van der Waals surface area contributed by atoms with Gasteiger partial charge in [-0.3, -0.25) is 0 Å². The third-order valence-electron chi connectivity index (χ3n) is 3.06. The van der Waals surface area contributed by atoms with Gasteiger partial charge in [0.15, 0.2) is 11.5 Å². The molecule has 94 valence electrons. The van der Waals surface area contributed by atoms with Crippen molar-refractivity contribution < 1.29 is 23.9 Å². The number of aromatic carboxylic acids is 1. The summed E-state index contributed by atoms with van der Waals surface area (Å²) in [4.78, 5) is 11.2. The first-order valence-electron chi connectivity index (χ1n) is 5.54. The summed E-state index contributed by atoms with van der Waals surface area (Å²) in [5.74, 6) is 0.278. The molecule has 2 heterocycles. The van der Waals surface area contributed by atoms with Crippen LogP contribution in [0.3, 0.4) is 0 Å². The monoisotopic (exact) mass is 249 g/mol. The smallest absolute Gasteiger partial charge is 0.341 e. The van der Waals surface area contributed by atoms with E-state index in [-0.39, 0.29) is 18.3 Å². The first kappa shape index (κ1) is 10.9. The molecular weight excluding hydrogens is 238 g/mol. The first-order chi connectivity index (χ1) is 8.68. The van der Waals surface area contributed by atoms with Gasteiger partial charge in [-0.15, -0.1) is 0 Å². The minimum Gasteiger partial charge on any atom is -0.477 e. The molecule has 1 aromatic rings. The number of nitrogens with zero attached hydrogens (tertiary/aromatic N) is 1. The molecule has 1 aromatic heterocycles. The third kappa shape index (κ3) is 1.49. The van der Waals surface area contributed by atoms with Gasteiger partial charge in [-0.2, -0.15) is 0 Å². The van der Waals surface area contributed by atoms with Gasteiger partial charge >= 0.3 is 5.97 Å². The van der Waals surface area contributed by atoms with Crippen molar-refractivity contribution in [2.75, 3.05) is 6.79 Å². The van der Waals surface area contributed by atoms with E-state index in [1.165, 1.54) is 0 Å². The highest BCUT2D eigenvalue weighted by molar-refractivity contribution is 5.90. The van der Waals surface area contributed by atoms with E-state index in [2.05, 4.69) is 5.16 Å². The van der Waals surface area contributed by atoms with Crippen LogP contribution in [0.4, 0.5) is 0 Å². The fourth-order valence-corrected chi connectivity index (χ4v) is 2.24. The van der Waals surface area contributed by atoms with E-state index in [0.29, 0.717) is 29.4 Å². The van der Waals surface area contributed by atoms with Crippen molar-refractivity contribution in [2.45, 2.75) is 19.3 Å². The Balaban J connectivity index is 2.06. The standard InChI is InChI=1S/C12H11NO5/c1-6-9(12(14)15)10(13-18-6)7-3-2-4-8-11(7)17-5-16-8/h2,4,7H,3,5H2,1H3,(H,14,15). The van der Waals surface area contributed by atoms with Crippen molar-refractivity contribution in [3.63, 3.8) is 0 Å². The molecule has 0 fully saturated rings. The van der Waals surface area contributed by atoms with Gasteiger partial charge in [-0.25, -0.2) is 4.79 Å². The molecule has 1 unspecified atom stereocenters. The first-order valence-corrected chi connectivity index (χ1v) is 5.54. The number of ether oxygens (including phenoxy) is 2. The minimum absolute atomic E-state index is 0.109. The molecule has 18 heavy (non-hydrogen) atoms. The fourth-order valence-electron chi connectivity index (χ4n) is 2.24. The number of allylic oxidation sites excluding steroid dienone is 3. The molecule has 0 saturated heterocycles. The van der Waals surface area contributed by atoms with Crippen LogP contribution in [0.2, 0.25) is 0 Å². The van der Waals surface area contributed by atoms with Gasteiger partial charge in [0.1, 0.15) is 17.0 Å². The molecule has 0 radical (unpaired) electrons. The fraction of sp³-hybridized carbons (Fsp3) is 0.333. The van der Waals surface area contributed by atoms with Gasteiger partial charge in [-0.1, -0.05) is 11.2 Å². The van der Waals surface area contributed by atoms with E-state index in [1.54, 1.807) is 6.92 Å². The van der Waals surface area contributed by atoms with E-state index in [0.717, 1.165) is 0 Å². The summed E-state index contributed by atoms with van der Waals surface area (Å²) in [6.45, 7) is 1.74. The molecule has 0 spiro atoms. The maximum absolute atomic E-state index is 11.2. The van der Waals surface area contributed by atoms with Crippen LogP contribution < -0.4 is 0 Å². The minimum atomic E-state index is -1.04. The van der Waals surface area contributed by atoms with Gasteiger partial charge in [0.05, 0.1) is 5.92 Å². The number of aryl methyl sites for hydroxylation is 1. The molecule has 0 saturated carbocycles. The average molecular weight is 249 g/mol. The van der Waals surface area contributed by atoms with Crippen LogP contribution >= 0.6 is 0 Å². The highest BCUT2D eigenvalue weighted by Gasteiger charge is 2.34. The van der Waals surface area contributed by atoms with Gasteiger partial charge in [0.2, 0.25) is 6.79 Å². The van der Waals surface area contributed by atoms with E-state index < -0.39 is 5.97 Å². The second-order valence-corrected chi connectivity index (χ2v) is 4.13. The predicted octanol–water partition coefficient (Wildman–Crippen LogP) is 1.94. The topological polar surface area (TPSA) is 81.8 Å². The molecule has 1 aliphatic carbocycles. The number of carboxylic acid groups (broad SMARTS) is 1. The Labute approximate surface area is 102 Å². The van der Waals surface area contributed by atoms with E-state index >= 15 is 0 Å². The largest absolute Gasteiger partial charge is 0.477 e. The second-order valence-electron chi connectivity index (χ2n) is 4.13. The summed E-state index contributed by atoms with van der Waals surface area (Å²) in [5.41, 5.74) is 0.500. The number of hydrogen-bond acceptors (Lipinski definition) is 5. The molecule has 6 nitrogen and oxygen atoms in total. The lowest BCUT2D eigenvalue weighted by atomic mass is 9.91. The maximum atomic E-state index is 11.2. The third-order valence-corrected chi connectivity index (χ3v) is 3.06. The van der Waals surface area contributed by atoms with Crippen molar-refractivity contribution in [3.05, 3.63) is 40.7 Å². The van der Waals surface area contributed by atoms with Crippen LogP contribution in [0.25, 0.3) is 0 Å². The number of carbonyl (C=O) groups is 1. The summed E-state index contributed by atoms with van der Waals surface area (Å²) in [6, 6.07) is 0. The van der Waals surface area contributed by atoms with Crippen molar-refractivity contribution >= 4 is 5.97 Å². The van der Waals surface area contributed by atoms with Gasteiger partial charge in [0.25, 0.3) is 0 Å². The SMILES string of the molecule is Cc1onc(C2CC=CC3=C2OCO3)c1C(=O)O. The predicted molar refractivity (Wildman–Crippen MR) is 58.8 cm³/mol. The van der Waals surface area contributed by atoms with Gasteiger partial charge in [0, 0.05) is 0 Å². The Kier molecular flexibility index (Phi) is 2.36. The lowest BCUT2D eigenvalue weighted by molar-refractivity contribution is 0.0686. The zero-order valence-electron chi connectivity index (χ0n) is 9.67. The zero-order valence-corrected chi connectivity index (χ0v) is 9.67. The van der Waals surface area contributed by atoms with Gasteiger partial charge in [-0.05, 0) is 19.4 Å². The van der Waals surface area contributed by atoms with Crippen LogP contribution in [0, 0.1) is 6.92 Å². The molecule has 0 amide bonds. The van der Waals surface area contributed by atoms with Crippen LogP contribution in [-0.4, -0.2) is 23.0 Å². The Bertz CT molecular complexity index is 569. The maximum Gasteiger partial charge on any atom is 0.341 e. The van der Waals surface area contributed by atoms with Crippen LogP contribution in [0.5, 0.6) is 0 Å². The summed E-state index contributed by atoms with van der Waals surface area (Å²) >= 11 is 0. The Morgan fingerprint density at radius 1 is 1.50 bits per heavy atom. The molecule has 0 aromatic carbocycles. The Morgan fingerprint density at radius 2 is 2.33 bits per heavy atom. The average Bonchev–Trinajstić information content (AvgIpc) is 2.94. The molecular formula is C12H11NO5. The number of rotatable bonds is 2. The number of aromatic nitrogens is 1. The molecule has 0 bridgehead atoms. The quantitative estimate of drug-likeness (QED) is 0.862. The lowest BCUT2D eigenvalue weighted by Gasteiger charge is -2.16. The molecule has 3 rings (SSSR count). The summed E-state index contributed by atoms with van der Waals surface area (Å²) in [6.07, 6.45) is 4.36. The van der Waals surface area contributed by atoms with Gasteiger partial charge < -0.3 is 19.1 Å². The van der Waals surface area contributed by atoms with E-state index in [4.69, 9.17) is 14.0 Å². The molecule has 1 aliphatic heterocycles. The van der Waals surface area contributed by atoms with E-state index in [9.17, 15) is 9.90 Å². The van der Waals surface area contributed by atoms with E-state index in [1.807, 2.05) is 12.2 Å².